The normalized spacial score (nSPS) is 22.1. The quantitative estimate of drug-likeness (QED) is 0.779. The number of hydrogen-bond donors (Lipinski definition) is 2. The van der Waals surface area contributed by atoms with Crippen LogP contribution >= 0.6 is 15.9 Å². The van der Waals surface area contributed by atoms with Crippen molar-refractivity contribution in [1.29, 1.82) is 0 Å². The summed E-state index contributed by atoms with van der Waals surface area (Å²) < 4.78 is 0.825. The van der Waals surface area contributed by atoms with Gasteiger partial charge in [0.05, 0.1) is 16.2 Å². The fourth-order valence-corrected chi connectivity index (χ4v) is 1.81. The smallest absolute Gasteiger partial charge is 0.160 e. The Labute approximate surface area is 85.1 Å². The van der Waals surface area contributed by atoms with E-state index in [1.165, 1.54) is 6.42 Å². The maximum Gasteiger partial charge on any atom is 0.160 e. The van der Waals surface area contributed by atoms with Gasteiger partial charge in [-0.1, -0.05) is 0 Å². The summed E-state index contributed by atoms with van der Waals surface area (Å²) in [6, 6.07) is 2.29. The third-order valence-corrected chi connectivity index (χ3v) is 2.84. The molecule has 0 saturated carbocycles. The zero-order chi connectivity index (χ0) is 9.26. The summed E-state index contributed by atoms with van der Waals surface area (Å²) in [4.78, 5) is 0. The van der Waals surface area contributed by atoms with Crippen LogP contribution in [-0.4, -0.2) is 16.7 Å². The predicted molar refractivity (Wildman–Crippen MR) is 54.1 cm³/mol. The zero-order valence-electron chi connectivity index (χ0n) is 7.13. The van der Waals surface area contributed by atoms with Crippen LogP contribution in [0.15, 0.2) is 10.5 Å². The van der Waals surface area contributed by atoms with Crippen LogP contribution in [0.4, 0.5) is 5.82 Å². The minimum absolute atomic E-state index is 0.351. The van der Waals surface area contributed by atoms with Crippen LogP contribution in [0, 0.1) is 0 Å². The van der Waals surface area contributed by atoms with E-state index >= 15 is 0 Å². The average Bonchev–Trinajstić information content (AvgIpc) is 2.62. The lowest BCUT2D eigenvalue weighted by Gasteiger charge is -2.08. The third kappa shape index (κ3) is 1.81. The van der Waals surface area contributed by atoms with Crippen molar-refractivity contribution in [3.63, 3.8) is 0 Å². The number of nitrogens with zero attached hydrogens (tertiary/aromatic N) is 2. The summed E-state index contributed by atoms with van der Waals surface area (Å²) in [7, 11) is 0. The first-order chi connectivity index (χ1) is 6.27. The second-order valence-corrected chi connectivity index (χ2v) is 4.01. The molecule has 0 aliphatic carbocycles. The van der Waals surface area contributed by atoms with Gasteiger partial charge >= 0.3 is 0 Å². The Morgan fingerprint density at radius 1 is 1.54 bits per heavy atom. The summed E-state index contributed by atoms with van der Waals surface area (Å²) >= 11 is 3.34. The molecule has 1 fully saturated rings. The molecule has 0 amide bonds. The summed E-state index contributed by atoms with van der Waals surface area (Å²) in [5.41, 5.74) is 6.52. The number of anilines is 1. The molecule has 1 aliphatic heterocycles. The van der Waals surface area contributed by atoms with Gasteiger partial charge in [0.15, 0.2) is 5.82 Å². The molecule has 1 saturated heterocycles. The van der Waals surface area contributed by atoms with E-state index in [2.05, 4.69) is 31.4 Å². The number of nitrogens with two attached hydrogens (primary N) is 1. The van der Waals surface area contributed by atoms with Crippen molar-refractivity contribution in [3.05, 3.63) is 16.2 Å². The Morgan fingerprint density at radius 2 is 2.38 bits per heavy atom. The summed E-state index contributed by atoms with van der Waals surface area (Å²) in [5, 5.41) is 11.3. The van der Waals surface area contributed by atoms with Crippen molar-refractivity contribution >= 4 is 21.7 Å². The first kappa shape index (κ1) is 8.90. The number of halogens is 1. The van der Waals surface area contributed by atoms with Crippen LogP contribution in [0.2, 0.25) is 0 Å². The number of hydrogen-bond acceptors (Lipinski definition) is 4. The second kappa shape index (κ2) is 3.59. The molecule has 2 heterocycles. The fraction of sp³-hybridized carbons (Fsp3) is 0.500. The molecule has 5 heteroatoms. The Balaban J connectivity index is 2.25. The van der Waals surface area contributed by atoms with Gasteiger partial charge in [0.1, 0.15) is 0 Å². The van der Waals surface area contributed by atoms with Crippen LogP contribution in [0.1, 0.15) is 24.6 Å². The molecular weight excluding hydrogens is 232 g/mol. The lowest BCUT2D eigenvalue weighted by molar-refractivity contribution is 0.616. The van der Waals surface area contributed by atoms with E-state index in [9.17, 15) is 0 Å². The highest BCUT2D eigenvalue weighted by atomic mass is 79.9. The van der Waals surface area contributed by atoms with E-state index in [-0.39, 0.29) is 0 Å². The van der Waals surface area contributed by atoms with Crippen molar-refractivity contribution in [2.24, 2.45) is 0 Å². The molecule has 2 rings (SSSR count). The van der Waals surface area contributed by atoms with Gasteiger partial charge in [0, 0.05) is 0 Å². The predicted octanol–water partition coefficient (Wildman–Crippen LogP) is 1.25. The molecule has 70 valence electrons. The van der Waals surface area contributed by atoms with E-state index in [1.54, 1.807) is 0 Å². The molecular formula is C8H11BrN4. The lowest BCUT2D eigenvalue weighted by Crippen LogP contribution is -2.15. The fourth-order valence-electron chi connectivity index (χ4n) is 1.50. The van der Waals surface area contributed by atoms with Crippen molar-refractivity contribution in [2.75, 3.05) is 12.3 Å². The topological polar surface area (TPSA) is 63.8 Å². The molecule has 1 aliphatic rings. The highest BCUT2D eigenvalue weighted by Crippen LogP contribution is 2.24. The van der Waals surface area contributed by atoms with Gasteiger partial charge in [-0.2, -0.15) is 5.10 Å². The number of nitrogen functional groups attached to an aromatic ring is 1. The monoisotopic (exact) mass is 242 g/mol. The Kier molecular flexibility index (Phi) is 2.46. The highest BCUT2D eigenvalue weighted by Gasteiger charge is 2.18. The standard InChI is InChI=1S/C8H11BrN4/c9-5-4-7(12-13-8(5)10)6-2-1-3-11-6/h4,6,11H,1-3H2,(H2,10,13). The van der Waals surface area contributed by atoms with Gasteiger partial charge in [-0.3, -0.25) is 0 Å². The first-order valence-electron chi connectivity index (χ1n) is 4.29. The largest absolute Gasteiger partial charge is 0.381 e. The Hall–Kier alpha value is -0.680. The van der Waals surface area contributed by atoms with Gasteiger partial charge in [0.2, 0.25) is 0 Å². The second-order valence-electron chi connectivity index (χ2n) is 3.15. The Bertz CT molecular complexity index is 309. The van der Waals surface area contributed by atoms with Crippen LogP contribution in [0.3, 0.4) is 0 Å². The van der Waals surface area contributed by atoms with Gasteiger partial charge in [-0.05, 0) is 41.4 Å². The van der Waals surface area contributed by atoms with E-state index < -0.39 is 0 Å². The van der Waals surface area contributed by atoms with Crippen molar-refractivity contribution in [3.8, 4) is 0 Å². The molecule has 1 atom stereocenters. The van der Waals surface area contributed by atoms with E-state index in [0.717, 1.165) is 23.1 Å². The van der Waals surface area contributed by atoms with Crippen LogP contribution in [0.25, 0.3) is 0 Å². The molecule has 1 unspecified atom stereocenters. The number of aromatic nitrogens is 2. The minimum Gasteiger partial charge on any atom is -0.381 e. The van der Waals surface area contributed by atoms with Crippen LogP contribution < -0.4 is 11.1 Å². The van der Waals surface area contributed by atoms with E-state index in [4.69, 9.17) is 5.73 Å². The molecule has 0 radical (unpaired) electrons. The first-order valence-corrected chi connectivity index (χ1v) is 5.08. The summed E-state index contributed by atoms with van der Waals surface area (Å²) in [6.45, 7) is 1.06. The van der Waals surface area contributed by atoms with Gasteiger partial charge < -0.3 is 11.1 Å². The third-order valence-electron chi connectivity index (χ3n) is 2.21. The van der Waals surface area contributed by atoms with E-state index in [0.29, 0.717) is 11.9 Å². The van der Waals surface area contributed by atoms with Crippen molar-refractivity contribution in [1.82, 2.24) is 15.5 Å². The molecule has 13 heavy (non-hydrogen) atoms. The summed E-state index contributed by atoms with van der Waals surface area (Å²) in [6.07, 6.45) is 2.33. The molecule has 1 aromatic heterocycles. The van der Waals surface area contributed by atoms with Crippen LogP contribution in [0.5, 0.6) is 0 Å². The van der Waals surface area contributed by atoms with Crippen molar-refractivity contribution in [2.45, 2.75) is 18.9 Å². The van der Waals surface area contributed by atoms with Gasteiger partial charge in [-0.25, -0.2) is 0 Å². The lowest BCUT2D eigenvalue weighted by atomic mass is 10.1. The van der Waals surface area contributed by atoms with E-state index in [1.807, 2.05) is 6.07 Å². The highest BCUT2D eigenvalue weighted by molar-refractivity contribution is 9.10. The molecule has 0 bridgehead atoms. The maximum atomic E-state index is 5.55. The molecule has 0 spiro atoms. The molecule has 3 N–H and O–H groups in total. The summed E-state index contributed by atoms with van der Waals surface area (Å²) in [5.74, 6) is 0.446. The van der Waals surface area contributed by atoms with Gasteiger partial charge in [-0.15, -0.1) is 5.10 Å². The van der Waals surface area contributed by atoms with Gasteiger partial charge in [0.25, 0.3) is 0 Å². The van der Waals surface area contributed by atoms with Crippen LogP contribution in [-0.2, 0) is 0 Å². The maximum absolute atomic E-state index is 5.55. The molecule has 1 aromatic rings. The SMILES string of the molecule is Nc1nnc(C2CCCN2)cc1Br. The average molecular weight is 243 g/mol. The number of nitrogens with one attached hydrogen (secondary N) is 1. The zero-order valence-corrected chi connectivity index (χ0v) is 8.71. The minimum atomic E-state index is 0.351. The molecule has 0 aromatic carbocycles. The van der Waals surface area contributed by atoms with Crippen molar-refractivity contribution < 1.29 is 0 Å². The Morgan fingerprint density at radius 3 is 3.00 bits per heavy atom. The molecule has 4 nitrogen and oxygen atoms in total. The number of rotatable bonds is 1.